The Morgan fingerprint density at radius 1 is 1.39 bits per heavy atom. The lowest BCUT2D eigenvalue weighted by atomic mass is 10.1. The Bertz CT molecular complexity index is 433. The van der Waals surface area contributed by atoms with E-state index < -0.39 is 0 Å². The lowest BCUT2D eigenvalue weighted by molar-refractivity contribution is 0.0823. The summed E-state index contributed by atoms with van der Waals surface area (Å²) < 4.78 is 0. The van der Waals surface area contributed by atoms with Crippen LogP contribution in [0.4, 0.5) is 0 Å². The first-order valence-corrected chi connectivity index (χ1v) is 9.16. The minimum atomic E-state index is -0.0843. The Morgan fingerprint density at radius 2 is 2.17 bits per heavy atom. The first-order chi connectivity index (χ1) is 10.8. The van der Waals surface area contributed by atoms with Gasteiger partial charge < -0.3 is 20.6 Å². The first-order valence-electron chi connectivity index (χ1n) is 8.21. The molecule has 0 unspecified atom stereocenters. The summed E-state index contributed by atoms with van der Waals surface area (Å²) in [5.74, 6) is 0.891. The van der Waals surface area contributed by atoms with Crippen molar-refractivity contribution in [1.29, 1.82) is 0 Å². The van der Waals surface area contributed by atoms with Gasteiger partial charge in [-0.05, 0) is 55.1 Å². The van der Waals surface area contributed by atoms with Gasteiger partial charge in [-0.25, -0.2) is 4.99 Å². The van der Waals surface area contributed by atoms with Gasteiger partial charge in [-0.3, -0.25) is 0 Å². The molecule has 1 aromatic rings. The number of aliphatic hydroxyl groups is 1. The summed E-state index contributed by atoms with van der Waals surface area (Å²) in [4.78, 5) is 7.04. The number of guanidine groups is 1. The van der Waals surface area contributed by atoms with E-state index in [1.54, 1.807) is 11.3 Å². The Hall–Kier alpha value is -0.380. The largest absolute Gasteiger partial charge is 0.393 e. The van der Waals surface area contributed by atoms with Gasteiger partial charge in [-0.2, -0.15) is 11.3 Å². The van der Waals surface area contributed by atoms with E-state index >= 15 is 0 Å². The number of rotatable bonds is 7. The molecule has 23 heavy (non-hydrogen) atoms. The zero-order chi connectivity index (χ0) is 15.6. The number of likely N-dealkylation sites (tertiary alicyclic amines) is 1. The summed E-state index contributed by atoms with van der Waals surface area (Å²) in [6.45, 7) is 7.74. The molecule has 2 rings (SSSR count). The smallest absolute Gasteiger partial charge is 0.191 e. The molecule has 1 aliphatic rings. The summed E-state index contributed by atoms with van der Waals surface area (Å²) in [7, 11) is 0. The molecule has 0 atom stereocenters. The first kappa shape index (κ1) is 20.7. The normalized spacial score (nSPS) is 16.9. The van der Waals surface area contributed by atoms with Crippen molar-refractivity contribution in [2.24, 2.45) is 4.99 Å². The average Bonchev–Trinajstić information content (AvgIpc) is 3.04. The highest BCUT2D eigenvalue weighted by molar-refractivity contribution is 14.0. The van der Waals surface area contributed by atoms with Crippen LogP contribution in [0.2, 0.25) is 0 Å². The third-order valence-corrected chi connectivity index (χ3v) is 4.58. The molecular formula is C16H29IN4OS. The molecule has 0 bridgehead atoms. The molecular weight excluding hydrogens is 423 g/mol. The van der Waals surface area contributed by atoms with Crippen molar-refractivity contribution in [2.75, 3.05) is 32.7 Å². The standard InChI is InChI=1S/C16H28N4OS.HI/c1-2-17-16(19-12-14-6-11-22-13-14)18-7-3-8-20-9-4-15(21)5-10-20;/h6,11,13,15,21H,2-5,7-10,12H2,1H3,(H2,17,18,19);1H. The van der Waals surface area contributed by atoms with Crippen LogP contribution in [0.15, 0.2) is 21.8 Å². The molecule has 0 aromatic carbocycles. The van der Waals surface area contributed by atoms with Crippen LogP contribution < -0.4 is 10.6 Å². The minimum Gasteiger partial charge on any atom is -0.393 e. The zero-order valence-electron chi connectivity index (χ0n) is 13.8. The summed E-state index contributed by atoms with van der Waals surface area (Å²) >= 11 is 1.71. The van der Waals surface area contributed by atoms with Crippen LogP contribution in [-0.2, 0) is 6.54 Å². The monoisotopic (exact) mass is 452 g/mol. The van der Waals surface area contributed by atoms with Gasteiger partial charge in [0.15, 0.2) is 5.96 Å². The predicted molar refractivity (Wildman–Crippen MR) is 109 cm³/mol. The Morgan fingerprint density at radius 3 is 2.83 bits per heavy atom. The van der Waals surface area contributed by atoms with E-state index in [0.717, 1.165) is 64.5 Å². The second-order valence-electron chi connectivity index (χ2n) is 5.68. The fourth-order valence-electron chi connectivity index (χ4n) is 2.55. The predicted octanol–water partition coefficient (Wildman–Crippen LogP) is 2.27. The number of halogens is 1. The van der Waals surface area contributed by atoms with Crippen molar-refractivity contribution in [2.45, 2.75) is 38.8 Å². The maximum atomic E-state index is 9.51. The second kappa shape index (κ2) is 12.0. The molecule has 1 aromatic heterocycles. The molecule has 7 heteroatoms. The van der Waals surface area contributed by atoms with E-state index in [4.69, 9.17) is 0 Å². The van der Waals surface area contributed by atoms with Crippen LogP contribution in [-0.4, -0.2) is 54.8 Å². The number of aliphatic imine (C=N–C) groups is 1. The third-order valence-electron chi connectivity index (χ3n) is 3.84. The topological polar surface area (TPSA) is 59.9 Å². The molecule has 0 saturated carbocycles. The average molecular weight is 452 g/mol. The number of hydrogen-bond acceptors (Lipinski definition) is 4. The van der Waals surface area contributed by atoms with Crippen LogP contribution in [0.1, 0.15) is 31.7 Å². The van der Waals surface area contributed by atoms with Crippen molar-refractivity contribution >= 4 is 41.3 Å². The van der Waals surface area contributed by atoms with Crippen LogP contribution in [0.5, 0.6) is 0 Å². The van der Waals surface area contributed by atoms with Gasteiger partial charge in [0.25, 0.3) is 0 Å². The van der Waals surface area contributed by atoms with Gasteiger partial charge in [0.2, 0.25) is 0 Å². The molecule has 0 radical (unpaired) electrons. The van der Waals surface area contributed by atoms with Crippen molar-refractivity contribution in [3.63, 3.8) is 0 Å². The lowest BCUT2D eigenvalue weighted by Crippen LogP contribution is -2.40. The Labute approximate surface area is 160 Å². The number of piperidine rings is 1. The summed E-state index contributed by atoms with van der Waals surface area (Å²) in [6, 6.07) is 2.11. The van der Waals surface area contributed by atoms with Crippen LogP contribution >= 0.6 is 35.3 Å². The summed E-state index contributed by atoms with van der Waals surface area (Å²) in [6.07, 6.45) is 2.84. The summed E-state index contributed by atoms with van der Waals surface area (Å²) in [5.41, 5.74) is 1.26. The van der Waals surface area contributed by atoms with E-state index in [1.807, 2.05) is 0 Å². The van der Waals surface area contributed by atoms with Crippen molar-refractivity contribution in [3.8, 4) is 0 Å². The number of nitrogens with zero attached hydrogens (tertiary/aromatic N) is 2. The quantitative estimate of drug-likeness (QED) is 0.257. The highest BCUT2D eigenvalue weighted by atomic mass is 127. The number of thiophene rings is 1. The van der Waals surface area contributed by atoms with Gasteiger partial charge in [0.1, 0.15) is 0 Å². The Kier molecular flexibility index (Phi) is 10.8. The van der Waals surface area contributed by atoms with Crippen LogP contribution in [0.25, 0.3) is 0 Å². The van der Waals surface area contributed by atoms with Crippen LogP contribution in [0.3, 0.4) is 0 Å². The molecule has 0 spiro atoms. The fraction of sp³-hybridized carbons (Fsp3) is 0.688. The fourth-order valence-corrected chi connectivity index (χ4v) is 3.21. The number of hydrogen-bond donors (Lipinski definition) is 3. The molecule has 2 heterocycles. The zero-order valence-corrected chi connectivity index (χ0v) is 17.0. The van der Waals surface area contributed by atoms with E-state index in [9.17, 15) is 5.11 Å². The molecule has 1 fully saturated rings. The Balaban J connectivity index is 0.00000264. The van der Waals surface area contributed by atoms with Crippen LogP contribution in [0, 0.1) is 0 Å². The maximum Gasteiger partial charge on any atom is 0.191 e. The van der Waals surface area contributed by atoms with Crippen molar-refractivity contribution in [1.82, 2.24) is 15.5 Å². The molecule has 0 amide bonds. The van der Waals surface area contributed by atoms with Gasteiger partial charge in [-0.1, -0.05) is 0 Å². The second-order valence-corrected chi connectivity index (χ2v) is 6.46. The van der Waals surface area contributed by atoms with Crippen molar-refractivity contribution < 1.29 is 5.11 Å². The number of aliphatic hydroxyl groups excluding tert-OH is 1. The van der Waals surface area contributed by atoms with E-state index in [-0.39, 0.29) is 30.1 Å². The van der Waals surface area contributed by atoms with E-state index in [1.165, 1.54) is 5.56 Å². The highest BCUT2D eigenvalue weighted by Gasteiger charge is 2.15. The highest BCUT2D eigenvalue weighted by Crippen LogP contribution is 2.09. The molecule has 132 valence electrons. The van der Waals surface area contributed by atoms with E-state index in [0.29, 0.717) is 0 Å². The third kappa shape index (κ3) is 8.32. The number of nitrogens with one attached hydrogen (secondary N) is 2. The molecule has 1 saturated heterocycles. The molecule has 5 nitrogen and oxygen atoms in total. The van der Waals surface area contributed by atoms with E-state index in [2.05, 4.69) is 44.3 Å². The van der Waals surface area contributed by atoms with Gasteiger partial charge in [0.05, 0.1) is 12.6 Å². The molecule has 1 aliphatic heterocycles. The van der Waals surface area contributed by atoms with Gasteiger partial charge in [0, 0.05) is 26.2 Å². The molecule has 3 N–H and O–H groups in total. The van der Waals surface area contributed by atoms with Crippen molar-refractivity contribution in [3.05, 3.63) is 22.4 Å². The SMILES string of the molecule is CCNC(=NCc1ccsc1)NCCCN1CCC(O)CC1.I. The maximum absolute atomic E-state index is 9.51. The lowest BCUT2D eigenvalue weighted by Gasteiger charge is -2.29. The van der Waals surface area contributed by atoms with Gasteiger partial charge in [-0.15, -0.1) is 24.0 Å². The minimum absolute atomic E-state index is 0. The molecule has 0 aliphatic carbocycles. The van der Waals surface area contributed by atoms with Gasteiger partial charge >= 0.3 is 0 Å². The summed E-state index contributed by atoms with van der Waals surface area (Å²) in [5, 5.41) is 20.4.